The molecule has 1 heterocycles. The summed E-state index contributed by atoms with van der Waals surface area (Å²) in [5.41, 5.74) is 0.0499. The Morgan fingerprint density at radius 3 is 2.78 bits per heavy atom. The van der Waals surface area contributed by atoms with E-state index >= 15 is 0 Å². The summed E-state index contributed by atoms with van der Waals surface area (Å²) >= 11 is 1.26. The SMILES string of the molecule is CCN(CCOC)c1sc([C@@H](C)O)cc1[N+](=O)[O-]. The van der Waals surface area contributed by atoms with Crippen molar-refractivity contribution < 1.29 is 14.8 Å². The minimum Gasteiger partial charge on any atom is -0.388 e. The third-order valence-corrected chi connectivity index (χ3v) is 3.91. The molecule has 1 aromatic rings. The van der Waals surface area contributed by atoms with E-state index in [4.69, 9.17) is 4.74 Å². The molecule has 7 heteroatoms. The second kappa shape index (κ2) is 6.67. The van der Waals surface area contributed by atoms with Crippen LogP contribution in [0.5, 0.6) is 0 Å². The second-order valence-electron chi connectivity index (χ2n) is 3.84. The quantitative estimate of drug-likeness (QED) is 0.609. The molecule has 0 saturated carbocycles. The fraction of sp³-hybridized carbons (Fsp3) is 0.636. The van der Waals surface area contributed by atoms with Crippen LogP contribution in [0.4, 0.5) is 10.7 Å². The summed E-state index contributed by atoms with van der Waals surface area (Å²) in [5, 5.41) is 21.1. The number of nitrogens with zero attached hydrogens (tertiary/aromatic N) is 2. The van der Waals surface area contributed by atoms with Gasteiger partial charge in [0.25, 0.3) is 0 Å². The van der Waals surface area contributed by atoms with Crippen molar-refractivity contribution in [1.82, 2.24) is 0 Å². The van der Waals surface area contributed by atoms with Gasteiger partial charge in [-0.25, -0.2) is 0 Å². The van der Waals surface area contributed by atoms with Gasteiger partial charge in [0.15, 0.2) is 5.00 Å². The highest BCUT2D eigenvalue weighted by molar-refractivity contribution is 7.16. The van der Waals surface area contributed by atoms with E-state index in [2.05, 4.69) is 0 Å². The zero-order chi connectivity index (χ0) is 13.7. The van der Waals surface area contributed by atoms with Gasteiger partial charge in [-0.1, -0.05) is 0 Å². The van der Waals surface area contributed by atoms with E-state index in [1.54, 1.807) is 14.0 Å². The lowest BCUT2D eigenvalue weighted by atomic mass is 10.3. The van der Waals surface area contributed by atoms with E-state index in [1.165, 1.54) is 17.4 Å². The van der Waals surface area contributed by atoms with Crippen LogP contribution in [0.1, 0.15) is 24.8 Å². The molecule has 1 rings (SSSR count). The van der Waals surface area contributed by atoms with E-state index in [0.717, 1.165) is 0 Å². The Morgan fingerprint density at radius 1 is 1.67 bits per heavy atom. The van der Waals surface area contributed by atoms with Crippen LogP contribution < -0.4 is 4.90 Å². The number of ether oxygens (including phenoxy) is 1. The Bertz CT molecular complexity index is 406. The van der Waals surface area contributed by atoms with Crippen LogP contribution in [0, 0.1) is 10.1 Å². The Kier molecular flexibility index (Phi) is 5.52. The molecule has 102 valence electrons. The molecular formula is C11H18N2O4S. The van der Waals surface area contributed by atoms with Gasteiger partial charge in [-0.3, -0.25) is 10.1 Å². The van der Waals surface area contributed by atoms with Crippen molar-refractivity contribution in [3.8, 4) is 0 Å². The molecule has 0 aliphatic rings. The number of hydrogen-bond donors (Lipinski definition) is 1. The van der Waals surface area contributed by atoms with Gasteiger partial charge in [0.05, 0.1) is 17.6 Å². The van der Waals surface area contributed by atoms with Crippen molar-refractivity contribution >= 4 is 22.0 Å². The molecule has 0 spiro atoms. The highest BCUT2D eigenvalue weighted by atomic mass is 32.1. The Labute approximate surface area is 110 Å². The van der Waals surface area contributed by atoms with E-state index < -0.39 is 11.0 Å². The number of methoxy groups -OCH3 is 1. The van der Waals surface area contributed by atoms with E-state index in [1.807, 2.05) is 11.8 Å². The van der Waals surface area contributed by atoms with E-state index in [-0.39, 0.29) is 5.69 Å². The summed E-state index contributed by atoms with van der Waals surface area (Å²) in [4.78, 5) is 13.1. The number of anilines is 1. The molecule has 0 amide bonds. The molecule has 0 aliphatic heterocycles. The van der Waals surface area contributed by atoms with E-state index in [9.17, 15) is 15.2 Å². The topological polar surface area (TPSA) is 75.8 Å². The van der Waals surface area contributed by atoms with Crippen molar-refractivity contribution in [2.24, 2.45) is 0 Å². The third-order valence-electron chi connectivity index (χ3n) is 2.56. The van der Waals surface area contributed by atoms with Crippen LogP contribution >= 0.6 is 11.3 Å². The number of thiophene rings is 1. The average molecular weight is 274 g/mol. The number of aliphatic hydroxyl groups is 1. The molecule has 0 bridgehead atoms. The first-order valence-corrected chi connectivity index (χ1v) is 6.53. The first-order chi connectivity index (χ1) is 8.51. The van der Waals surface area contributed by atoms with Crippen LogP contribution in [-0.2, 0) is 4.74 Å². The minimum absolute atomic E-state index is 0.0499. The lowest BCUT2D eigenvalue weighted by Crippen LogP contribution is -2.26. The monoisotopic (exact) mass is 274 g/mol. The van der Waals surface area contributed by atoms with Gasteiger partial charge in [-0.05, 0) is 13.8 Å². The summed E-state index contributed by atoms with van der Waals surface area (Å²) in [5.74, 6) is 0. The molecule has 0 radical (unpaired) electrons. The number of rotatable bonds is 7. The molecule has 0 saturated heterocycles. The molecule has 1 N–H and O–H groups in total. The normalized spacial score (nSPS) is 12.4. The fourth-order valence-electron chi connectivity index (χ4n) is 1.56. The number of likely N-dealkylation sites (N-methyl/N-ethyl adjacent to an activating group) is 1. The van der Waals surface area contributed by atoms with Crippen molar-refractivity contribution in [2.45, 2.75) is 20.0 Å². The average Bonchev–Trinajstić information content (AvgIpc) is 2.75. The fourth-order valence-corrected chi connectivity index (χ4v) is 2.71. The predicted molar refractivity (Wildman–Crippen MR) is 71.4 cm³/mol. The van der Waals surface area contributed by atoms with Crippen LogP contribution in [0.3, 0.4) is 0 Å². The van der Waals surface area contributed by atoms with E-state index in [0.29, 0.717) is 29.6 Å². The molecule has 1 aromatic heterocycles. The highest BCUT2D eigenvalue weighted by Gasteiger charge is 2.24. The van der Waals surface area contributed by atoms with Gasteiger partial charge in [-0.15, -0.1) is 11.3 Å². The number of hydrogen-bond acceptors (Lipinski definition) is 6. The Morgan fingerprint density at radius 2 is 2.33 bits per heavy atom. The van der Waals surface area contributed by atoms with Gasteiger partial charge >= 0.3 is 5.69 Å². The van der Waals surface area contributed by atoms with Crippen molar-refractivity contribution in [1.29, 1.82) is 0 Å². The molecular weight excluding hydrogens is 256 g/mol. The molecule has 6 nitrogen and oxygen atoms in total. The summed E-state index contributed by atoms with van der Waals surface area (Å²) in [7, 11) is 1.60. The maximum Gasteiger partial charge on any atom is 0.304 e. The molecule has 0 fully saturated rings. The highest BCUT2D eigenvalue weighted by Crippen LogP contribution is 2.39. The smallest absolute Gasteiger partial charge is 0.304 e. The van der Waals surface area contributed by atoms with Gasteiger partial charge < -0.3 is 14.7 Å². The predicted octanol–water partition coefficient (Wildman–Crippen LogP) is 2.18. The van der Waals surface area contributed by atoms with Crippen molar-refractivity contribution in [3.63, 3.8) is 0 Å². The summed E-state index contributed by atoms with van der Waals surface area (Å²) in [6.07, 6.45) is -0.691. The van der Waals surface area contributed by atoms with Gasteiger partial charge in [0.2, 0.25) is 0 Å². The first kappa shape index (κ1) is 14.9. The molecule has 0 unspecified atom stereocenters. The first-order valence-electron chi connectivity index (χ1n) is 5.71. The maximum absolute atomic E-state index is 11.0. The van der Waals surface area contributed by atoms with Crippen LogP contribution in [-0.4, -0.2) is 36.8 Å². The Hall–Kier alpha value is -1.18. The van der Waals surface area contributed by atoms with Gasteiger partial charge in [0, 0.05) is 31.1 Å². The van der Waals surface area contributed by atoms with Crippen molar-refractivity contribution in [3.05, 3.63) is 21.1 Å². The largest absolute Gasteiger partial charge is 0.388 e. The number of nitro groups is 1. The van der Waals surface area contributed by atoms with Gasteiger partial charge in [0.1, 0.15) is 0 Å². The maximum atomic E-state index is 11.0. The van der Waals surface area contributed by atoms with Crippen LogP contribution in [0.25, 0.3) is 0 Å². The second-order valence-corrected chi connectivity index (χ2v) is 4.91. The summed E-state index contributed by atoms with van der Waals surface area (Å²) in [6, 6.07) is 1.44. The standard InChI is InChI=1S/C11H18N2O4S/c1-4-12(5-6-17-3)11-9(13(15)16)7-10(18-11)8(2)14/h7-8,14H,4-6H2,1-3H3/t8-/m1/s1. The molecule has 0 aromatic carbocycles. The molecule has 18 heavy (non-hydrogen) atoms. The molecule has 0 aliphatic carbocycles. The minimum atomic E-state index is -0.691. The van der Waals surface area contributed by atoms with Gasteiger partial charge in [-0.2, -0.15) is 0 Å². The van der Waals surface area contributed by atoms with Crippen LogP contribution in [0.15, 0.2) is 6.07 Å². The molecule has 1 atom stereocenters. The summed E-state index contributed by atoms with van der Waals surface area (Å²) < 4.78 is 4.99. The van der Waals surface area contributed by atoms with Crippen molar-refractivity contribution in [2.75, 3.05) is 31.7 Å². The van der Waals surface area contributed by atoms with Crippen LogP contribution in [0.2, 0.25) is 0 Å². The third kappa shape index (κ3) is 3.41. The lowest BCUT2D eigenvalue weighted by Gasteiger charge is -2.19. The Balaban J connectivity index is 3.06. The zero-order valence-corrected chi connectivity index (χ0v) is 11.6. The number of aliphatic hydroxyl groups excluding tert-OH is 1. The lowest BCUT2D eigenvalue weighted by molar-refractivity contribution is -0.383. The summed E-state index contributed by atoms with van der Waals surface area (Å²) in [6.45, 7) is 5.29. The zero-order valence-electron chi connectivity index (χ0n) is 10.8.